The molecule has 1 aromatic rings. The second-order valence-corrected chi connectivity index (χ2v) is 10.6. The molecule has 10 heteroatoms. The number of sulfonamides is 1. The molecule has 0 radical (unpaired) electrons. The summed E-state index contributed by atoms with van der Waals surface area (Å²) in [6.07, 6.45) is 0.647. The predicted molar refractivity (Wildman–Crippen MR) is 110 cm³/mol. The highest BCUT2D eigenvalue weighted by Gasteiger charge is 2.37. The van der Waals surface area contributed by atoms with Crippen LogP contribution < -0.4 is 5.32 Å². The van der Waals surface area contributed by atoms with Crippen LogP contribution in [0.4, 0.5) is 4.79 Å². The van der Waals surface area contributed by atoms with Crippen molar-refractivity contribution in [1.29, 1.82) is 0 Å². The maximum atomic E-state index is 12.8. The normalized spacial score (nSPS) is 20.2. The van der Waals surface area contributed by atoms with Crippen molar-refractivity contribution in [1.82, 2.24) is 14.5 Å². The fourth-order valence-corrected chi connectivity index (χ4v) is 5.05. The second-order valence-electron chi connectivity index (χ2n) is 8.47. The lowest BCUT2D eigenvalue weighted by Gasteiger charge is -2.33. The largest absolute Gasteiger partial charge is 0.444 e. The number of benzene rings is 1. The lowest BCUT2D eigenvalue weighted by atomic mass is 10.1. The number of nitrogens with zero attached hydrogens (tertiary/aromatic N) is 2. The Kier molecular flexibility index (Phi) is 6.19. The van der Waals surface area contributed by atoms with E-state index in [1.807, 2.05) is 0 Å². The molecule has 2 aliphatic heterocycles. The Balaban J connectivity index is 1.59. The van der Waals surface area contributed by atoms with Gasteiger partial charge < -0.3 is 10.1 Å². The van der Waals surface area contributed by atoms with Crippen molar-refractivity contribution in [2.45, 2.75) is 45.3 Å². The third kappa shape index (κ3) is 4.99. The van der Waals surface area contributed by atoms with Gasteiger partial charge in [0.1, 0.15) is 5.60 Å². The average Bonchev–Trinajstić information content (AvgIpc) is 2.89. The molecule has 9 nitrogen and oxygen atoms in total. The van der Waals surface area contributed by atoms with E-state index in [0.29, 0.717) is 30.5 Å². The molecule has 1 saturated heterocycles. The van der Waals surface area contributed by atoms with Crippen LogP contribution in [-0.4, -0.2) is 72.6 Å². The molecule has 3 rings (SSSR count). The molecule has 164 valence electrons. The smallest absolute Gasteiger partial charge is 0.407 e. The highest BCUT2D eigenvalue weighted by molar-refractivity contribution is 7.89. The lowest BCUT2D eigenvalue weighted by molar-refractivity contribution is 0.0485. The van der Waals surface area contributed by atoms with Crippen molar-refractivity contribution >= 4 is 27.9 Å². The molecular formula is C20H27N3O6S. The molecule has 0 unspecified atom stereocenters. The standard InChI is InChI=1S/C20H27N3O6S/c1-20(2,3)29-19(26)21-14-7-6-10-22(13-14)30(27,28)12-11-23-17(24)15-8-4-5-9-16(15)18(23)25/h4-5,8-9,14H,6-7,10-13H2,1-3H3,(H,21,26)/t14-/m1/s1. The number of carbonyl (C=O) groups is 3. The minimum absolute atomic E-state index is 0.129. The Hall–Kier alpha value is -2.46. The van der Waals surface area contributed by atoms with E-state index in [-0.39, 0.29) is 24.9 Å². The van der Waals surface area contributed by atoms with E-state index in [0.717, 1.165) is 4.90 Å². The Morgan fingerprint density at radius 1 is 1.17 bits per heavy atom. The van der Waals surface area contributed by atoms with Crippen molar-refractivity contribution in [3.63, 3.8) is 0 Å². The molecule has 0 aromatic heterocycles. The first-order valence-corrected chi connectivity index (χ1v) is 11.5. The molecule has 30 heavy (non-hydrogen) atoms. The lowest BCUT2D eigenvalue weighted by Crippen LogP contribution is -2.51. The number of piperidine rings is 1. The first kappa shape index (κ1) is 22.2. The van der Waals surface area contributed by atoms with Crippen LogP contribution in [0, 0.1) is 0 Å². The number of hydrogen-bond donors (Lipinski definition) is 1. The van der Waals surface area contributed by atoms with Crippen LogP contribution in [0.15, 0.2) is 24.3 Å². The van der Waals surface area contributed by atoms with Crippen LogP contribution in [0.25, 0.3) is 0 Å². The minimum Gasteiger partial charge on any atom is -0.444 e. The summed E-state index contributed by atoms with van der Waals surface area (Å²) in [5.41, 5.74) is -0.0596. The van der Waals surface area contributed by atoms with Gasteiger partial charge in [-0.3, -0.25) is 14.5 Å². The van der Waals surface area contributed by atoms with Gasteiger partial charge in [0.15, 0.2) is 0 Å². The van der Waals surface area contributed by atoms with Gasteiger partial charge in [-0.25, -0.2) is 13.2 Å². The molecule has 1 atom stereocenters. The average molecular weight is 438 g/mol. The van der Waals surface area contributed by atoms with Crippen LogP contribution in [0.5, 0.6) is 0 Å². The van der Waals surface area contributed by atoms with Gasteiger partial charge in [-0.05, 0) is 45.7 Å². The Bertz CT molecular complexity index is 919. The van der Waals surface area contributed by atoms with Gasteiger partial charge in [0.05, 0.1) is 16.9 Å². The summed E-state index contributed by atoms with van der Waals surface area (Å²) in [6.45, 7) is 5.51. The summed E-state index contributed by atoms with van der Waals surface area (Å²) in [5.74, 6) is -1.32. The summed E-state index contributed by atoms with van der Waals surface area (Å²) in [5, 5.41) is 2.71. The fourth-order valence-electron chi connectivity index (χ4n) is 3.57. The van der Waals surface area contributed by atoms with Crippen molar-refractivity contribution in [2.75, 3.05) is 25.4 Å². The number of nitrogens with one attached hydrogen (secondary N) is 1. The van der Waals surface area contributed by atoms with Crippen molar-refractivity contribution in [2.24, 2.45) is 0 Å². The number of amides is 3. The summed E-state index contributed by atoms with van der Waals surface area (Å²) in [4.78, 5) is 37.8. The summed E-state index contributed by atoms with van der Waals surface area (Å²) in [7, 11) is -3.71. The third-order valence-corrected chi connectivity index (χ3v) is 6.77. The van der Waals surface area contributed by atoms with E-state index < -0.39 is 33.5 Å². The zero-order valence-electron chi connectivity index (χ0n) is 17.4. The molecule has 0 spiro atoms. The summed E-state index contributed by atoms with van der Waals surface area (Å²) < 4.78 is 32.2. The highest BCUT2D eigenvalue weighted by atomic mass is 32.2. The Labute approximate surface area is 176 Å². The number of carbonyl (C=O) groups excluding carboxylic acids is 3. The third-order valence-electron chi connectivity index (χ3n) is 4.95. The van der Waals surface area contributed by atoms with Crippen LogP contribution in [0.2, 0.25) is 0 Å². The van der Waals surface area contributed by atoms with Gasteiger partial charge in [-0.2, -0.15) is 4.31 Å². The molecule has 1 N–H and O–H groups in total. The number of imide groups is 1. The van der Waals surface area contributed by atoms with E-state index >= 15 is 0 Å². The summed E-state index contributed by atoms with van der Waals surface area (Å²) in [6, 6.07) is 6.08. The maximum absolute atomic E-state index is 12.8. The van der Waals surface area contributed by atoms with Crippen LogP contribution in [-0.2, 0) is 14.8 Å². The quantitative estimate of drug-likeness (QED) is 0.700. The summed E-state index contributed by atoms with van der Waals surface area (Å²) >= 11 is 0. The van der Waals surface area contributed by atoms with Crippen molar-refractivity contribution < 1.29 is 27.5 Å². The number of alkyl carbamates (subject to hydrolysis) is 1. The van der Waals surface area contributed by atoms with Gasteiger partial charge in [0.25, 0.3) is 11.8 Å². The first-order chi connectivity index (χ1) is 14.0. The van der Waals surface area contributed by atoms with Crippen molar-refractivity contribution in [3.8, 4) is 0 Å². The molecule has 2 aliphatic rings. The topological polar surface area (TPSA) is 113 Å². The van der Waals surface area contributed by atoms with E-state index in [4.69, 9.17) is 4.74 Å². The number of fused-ring (bicyclic) bond motifs is 1. The number of rotatable bonds is 5. The van der Waals surface area contributed by atoms with Crippen LogP contribution in [0.1, 0.15) is 54.3 Å². The molecule has 0 saturated carbocycles. The van der Waals surface area contributed by atoms with Gasteiger partial charge in [-0.1, -0.05) is 12.1 Å². The van der Waals surface area contributed by atoms with Crippen LogP contribution in [0.3, 0.4) is 0 Å². The number of ether oxygens (including phenoxy) is 1. The van der Waals surface area contributed by atoms with Gasteiger partial charge in [0.2, 0.25) is 10.0 Å². The maximum Gasteiger partial charge on any atom is 0.407 e. The van der Waals surface area contributed by atoms with Crippen LogP contribution >= 0.6 is 0 Å². The molecule has 0 aliphatic carbocycles. The molecule has 1 aromatic carbocycles. The monoisotopic (exact) mass is 437 g/mol. The van der Waals surface area contributed by atoms with Gasteiger partial charge >= 0.3 is 6.09 Å². The first-order valence-electron chi connectivity index (χ1n) is 9.90. The molecule has 1 fully saturated rings. The molecule has 2 heterocycles. The Morgan fingerprint density at radius 2 is 1.77 bits per heavy atom. The highest BCUT2D eigenvalue weighted by Crippen LogP contribution is 2.23. The van der Waals surface area contributed by atoms with E-state index in [1.54, 1.807) is 45.0 Å². The minimum atomic E-state index is -3.71. The fraction of sp³-hybridized carbons (Fsp3) is 0.550. The Morgan fingerprint density at radius 3 is 2.33 bits per heavy atom. The SMILES string of the molecule is CC(C)(C)OC(=O)N[C@@H]1CCCN(S(=O)(=O)CCN2C(=O)c3ccccc3C2=O)C1. The zero-order chi connectivity index (χ0) is 22.1. The van der Waals surface area contributed by atoms with Gasteiger partial charge in [0, 0.05) is 25.7 Å². The molecule has 0 bridgehead atoms. The van der Waals surface area contributed by atoms with Gasteiger partial charge in [-0.15, -0.1) is 0 Å². The number of hydrogen-bond acceptors (Lipinski definition) is 6. The second kappa shape index (κ2) is 8.35. The zero-order valence-corrected chi connectivity index (χ0v) is 18.2. The van der Waals surface area contributed by atoms with E-state index in [2.05, 4.69) is 5.32 Å². The molecular weight excluding hydrogens is 410 g/mol. The van der Waals surface area contributed by atoms with E-state index in [9.17, 15) is 22.8 Å². The van der Waals surface area contributed by atoms with Crippen molar-refractivity contribution in [3.05, 3.63) is 35.4 Å². The van der Waals surface area contributed by atoms with E-state index in [1.165, 1.54) is 4.31 Å². The predicted octanol–water partition coefficient (Wildman–Crippen LogP) is 1.60. The molecule has 3 amide bonds.